The van der Waals surface area contributed by atoms with E-state index < -0.39 is 0 Å². The molecule has 1 N–H and O–H groups in total. The largest absolute Gasteiger partial charge is 0.378 e. The van der Waals surface area contributed by atoms with Crippen LogP contribution in [0.4, 0.5) is 0 Å². The normalized spacial score (nSPS) is 14.4. The number of fused-ring (bicyclic) bond motifs is 1. The van der Waals surface area contributed by atoms with Crippen LogP contribution in [0.5, 0.6) is 0 Å². The molecule has 1 aliphatic rings. The highest BCUT2D eigenvalue weighted by Gasteiger charge is 2.21. The summed E-state index contributed by atoms with van der Waals surface area (Å²) in [6.07, 6.45) is 3.91. The van der Waals surface area contributed by atoms with Gasteiger partial charge >= 0.3 is 0 Å². The van der Waals surface area contributed by atoms with Crippen LogP contribution in [-0.4, -0.2) is 71.7 Å². The summed E-state index contributed by atoms with van der Waals surface area (Å²) in [4.78, 5) is 28.2. The average Bonchev–Trinajstić information content (AvgIpc) is 3.21. The van der Waals surface area contributed by atoms with Gasteiger partial charge in [-0.25, -0.2) is 0 Å². The second kappa shape index (κ2) is 8.92. The van der Waals surface area contributed by atoms with Crippen molar-refractivity contribution in [3.63, 3.8) is 0 Å². The highest BCUT2D eigenvalue weighted by Crippen LogP contribution is 2.18. The smallest absolute Gasteiger partial charge is 0.254 e. The summed E-state index contributed by atoms with van der Waals surface area (Å²) in [6, 6.07) is 15.3. The van der Waals surface area contributed by atoms with E-state index in [1.165, 1.54) is 4.90 Å². The Morgan fingerprint density at radius 1 is 1.10 bits per heavy atom. The Balaban J connectivity index is 1.38. The van der Waals surface area contributed by atoms with Gasteiger partial charge in [0, 0.05) is 31.1 Å². The molecule has 0 atom stereocenters. The SMILES string of the molecule is CN(CC(=O)N1CCOCC1)C(=O)c1ccc(C=Cc2n[nH]c3ccccc23)cc1. The first-order chi connectivity index (χ1) is 14.6. The predicted octanol–water partition coefficient (Wildman–Crippen LogP) is 2.66. The number of rotatable bonds is 5. The molecule has 4 rings (SSSR count). The number of morpholine rings is 1. The van der Waals surface area contributed by atoms with Crippen LogP contribution in [0.3, 0.4) is 0 Å². The number of H-pyrrole nitrogens is 1. The molecule has 2 heterocycles. The predicted molar refractivity (Wildman–Crippen MR) is 116 cm³/mol. The minimum atomic E-state index is -0.176. The lowest BCUT2D eigenvalue weighted by atomic mass is 10.1. The number of nitrogens with zero attached hydrogens (tertiary/aromatic N) is 3. The second-order valence-corrected chi connectivity index (χ2v) is 7.26. The van der Waals surface area contributed by atoms with Gasteiger partial charge in [0.15, 0.2) is 0 Å². The molecule has 2 amide bonds. The molecule has 1 aromatic heterocycles. The number of likely N-dealkylation sites (N-methyl/N-ethyl adjacent to an activating group) is 1. The fourth-order valence-corrected chi connectivity index (χ4v) is 3.43. The van der Waals surface area contributed by atoms with Gasteiger partial charge in [0.1, 0.15) is 0 Å². The Morgan fingerprint density at radius 3 is 2.60 bits per heavy atom. The van der Waals surface area contributed by atoms with Crippen LogP contribution in [0.25, 0.3) is 23.1 Å². The third-order valence-electron chi connectivity index (χ3n) is 5.17. The molecule has 7 nitrogen and oxygen atoms in total. The molecule has 0 aliphatic carbocycles. The number of hydrogen-bond donors (Lipinski definition) is 1. The third-order valence-corrected chi connectivity index (χ3v) is 5.17. The van der Waals surface area contributed by atoms with E-state index in [9.17, 15) is 9.59 Å². The molecule has 0 unspecified atom stereocenters. The van der Waals surface area contributed by atoms with Gasteiger partial charge in [-0.1, -0.05) is 36.4 Å². The quantitative estimate of drug-likeness (QED) is 0.709. The number of nitrogens with one attached hydrogen (secondary N) is 1. The first-order valence-electron chi connectivity index (χ1n) is 9.94. The minimum Gasteiger partial charge on any atom is -0.378 e. The average molecular weight is 404 g/mol. The highest BCUT2D eigenvalue weighted by molar-refractivity contribution is 5.96. The van der Waals surface area contributed by atoms with E-state index in [0.29, 0.717) is 31.9 Å². The number of hydrogen-bond acceptors (Lipinski definition) is 4. The standard InChI is InChI=1S/C23H24N4O3/c1-26(16-22(28)27-12-14-30-15-13-27)23(29)18-9-6-17(7-10-18)8-11-21-19-4-2-3-5-20(19)24-25-21/h2-11H,12-16H2,1H3,(H,24,25). The third kappa shape index (κ3) is 4.41. The molecular weight excluding hydrogens is 380 g/mol. The monoisotopic (exact) mass is 404 g/mol. The Hall–Kier alpha value is -3.45. The van der Waals surface area contributed by atoms with Crippen LogP contribution < -0.4 is 0 Å². The lowest BCUT2D eigenvalue weighted by Crippen LogP contribution is -2.46. The zero-order valence-corrected chi connectivity index (χ0v) is 16.9. The number of carbonyl (C=O) groups is 2. The fourth-order valence-electron chi connectivity index (χ4n) is 3.43. The lowest BCUT2D eigenvalue weighted by molar-refractivity contribution is -0.135. The molecule has 3 aromatic rings. The van der Waals surface area contributed by atoms with E-state index in [2.05, 4.69) is 10.2 Å². The van der Waals surface area contributed by atoms with E-state index in [1.54, 1.807) is 24.1 Å². The Kier molecular flexibility index (Phi) is 5.90. The van der Waals surface area contributed by atoms with Crippen molar-refractivity contribution in [3.05, 3.63) is 65.4 Å². The second-order valence-electron chi connectivity index (χ2n) is 7.26. The van der Waals surface area contributed by atoms with Gasteiger partial charge in [0.05, 0.1) is 31.0 Å². The van der Waals surface area contributed by atoms with Crippen molar-refractivity contribution in [1.29, 1.82) is 0 Å². The van der Waals surface area contributed by atoms with Gasteiger partial charge in [-0.05, 0) is 29.8 Å². The number of ether oxygens (including phenoxy) is 1. The van der Waals surface area contributed by atoms with Crippen molar-refractivity contribution < 1.29 is 14.3 Å². The molecule has 0 saturated carbocycles. The molecule has 0 radical (unpaired) electrons. The van der Waals surface area contributed by atoms with E-state index in [-0.39, 0.29) is 18.4 Å². The van der Waals surface area contributed by atoms with E-state index >= 15 is 0 Å². The number of carbonyl (C=O) groups excluding carboxylic acids is 2. The maximum Gasteiger partial charge on any atom is 0.254 e. The van der Waals surface area contributed by atoms with Crippen molar-refractivity contribution in [2.75, 3.05) is 39.9 Å². The van der Waals surface area contributed by atoms with Crippen LogP contribution in [0.15, 0.2) is 48.5 Å². The zero-order valence-electron chi connectivity index (χ0n) is 16.9. The summed E-state index contributed by atoms with van der Waals surface area (Å²) in [5, 5.41) is 8.40. The Morgan fingerprint density at radius 2 is 1.83 bits per heavy atom. The summed E-state index contributed by atoms with van der Waals surface area (Å²) in [6.45, 7) is 2.31. The number of para-hydroxylation sites is 1. The van der Waals surface area contributed by atoms with Crippen LogP contribution in [0.1, 0.15) is 21.6 Å². The first-order valence-corrected chi connectivity index (χ1v) is 9.94. The molecular formula is C23H24N4O3. The molecule has 1 fully saturated rings. The van der Waals surface area contributed by atoms with Gasteiger partial charge in [-0.2, -0.15) is 5.10 Å². The van der Waals surface area contributed by atoms with E-state index in [4.69, 9.17) is 4.74 Å². The maximum absolute atomic E-state index is 12.7. The van der Waals surface area contributed by atoms with Gasteiger partial charge in [0.2, 0.25) is 5.91 Å². The van der Waals surface area contributed by atoms with Gasteiger partial charge in [-0.3, -0.25) is 14.7 Å². The van der Waals surface area contributed by atoms with Gasteiger partial charge in [-0.15, -0.1) is 0 Å². The molecule has 1 aliphatic heterocycles. The first kappa shape index (κ1) is 19.8. The van der Waals surface area contributed by atoms with E-state index in [0.717, 1.165) is 22.2 Å². The number of amides is 2. The molecule has 0 bridgehead atoms. The maximum atomic E-state index is 12.7. The Bertz CT molecular complexity index is 1070. The van der Waals surface area contributed by atoms with Crippen molar-refractivity contribution in [3.8, 4) is 0 Å². The van der Waals surface area contributed by atoms with Crippen molar-refractivity contribution in [2.45, 2.75) is 0 Å². The zero-order chi connectivity index (χ0) is 20.9. The van der Waals surface area contributed by atoms with Crippen molar-refractivity contribution in [1.82, 2.24) is 20.0 Å². The molecule has 7 heteroatoms. The van der Waals surface area contributed by atoms with Crippen LogP contribution in [-0.2, 0) is 9.53 Å². The van der Waals surface area contributed by atoms with Gasteiger partial charge < -0.3 is 14.5 Å². The van der Waals surface area contributed by atoms with Crippen LogP contribution in [0.2, 0.25) is 0 Å². The molecule has 1 saturated heterocycles. The fraction of sp³-hybridized carbons (Fsp3) is 0.261. The highest BCUT2D eigenvalue weighted by atomic mass is 16.5. The molecule has 2 aromatic carbocycles. The summed E-state index contributed by atoms with van der Waals surface area (Å²) >= 11 is 0. The van der Waals surface area contributed by atoms with Crippen LogP contribution >= 0.6 is 0 Å². The molecule has 154 valence electrons. The minimum absolute atomic E-state index is 0.0556. The summed E-state index contributed by atoms with van der Waals surface area (Å²) in [5.41, 5.74) is 3.38. The molecule has 30 heavy (non-hydrogen) atoms. The van der Waals surface area contributed by atoms with Crippen molar-refractivity contribution in [2.24, 2.45) is 0 Å². The van der Waals surface area contributed by atoms with Crippen molar-refractivity contribution >= 4 is 34.9 Å². The lowest BCUT2D eigenvalue weighted by Gasteiger charge is -2.28. The van der Waals surface area contributed by atoms with E-state index in [1.807, 2.05) is 48.6 Å². The van der Waals surface area contributed by atoms with Crippen LogP contribution in [0, 0.1) is 0 Å². The summed E-state index contributed by atoms with van der Waals surface area (Å²) in [7, 11) is 1.65. The molecule has 0 spiro atoms. The number of aromatic amines is 1. The Labute approximate surface area is 174 Å². The number of benzene rings is 2. The summed E-state index contributed by atoms with van der Waals surface area (Å²) in [5.74, 6) is -0.231. The number of aromatic nitrogens is 2. The summed E-state index contributed by atoms with van der Waals surface area (Å²) < 4.78 is 5.26. The van der Waals surface area contributed by atoms with Gasteiger partial charge in [0.25, 0.3) is 5.91 Å². The topological polar surface area (TPSA) is 78.5 Å².